The molecule has 12 heteroatoms. The van der Waals surface area contributed by atoms with Gasteiger partial charge in [-0.1, -0.05) is 59.7 Å². The molecular weight excluding hydrogens is 762 g/mol. The molecule has 2 aromatic rings. The van der Waals surface area contributed by atoms with Gasteiger partial charge in [-0.15, -0.1) is 0 Å². The SMILES string of the molecule is COc1c(CN2O[C@@H](CO)[C@@H]([C@H](C)O)[C@H]2C(O)N[C@H]2C[C@H]3C[C@@H]([C@@H]2C)C3(C)C)cccc1-c1cc(C(=O)N[C@H](CN(C)C)CC(C)(C)C)c(Br)c(N(C)C)c1. The molecule has 0 radical (unpaired) electrons. The number of likely N-dealkylation sites (N-methyl/N-ethyl adjacent to an activating group) is 1. The van der Waals surface area contributed by atoms with Gasteiger partial charge in [0.15, 0.2) is 0 Å². The number of carbonyl (C=O) groups excluding carboxylic acids is 1. The molecule has 1 heterocycles. The summed E-state index contributed by atoms with van der Waals surface area (Å²) in [6.45, 7) is 15.9. The Morgan fingerprint density at radius 3 is 2.38 bits per heavy atom. The van der Waals surface area contributed by atoms with Gasteiger partial charge in [-0.25, -0.2) is 0 Å². The lowest BCUT2D eigenvalue weighted by Gasteiger charge is -2.62. The van der Waals surface area contributed by atoms with Crippen molar-refractivity contribution < 1.29 is 29.7 Å². The van der Waals surface area contributed by atoms with Gasteiger partial charge in [-0.05, 0) is 102 Å². The highest BCUT2D eigenvalue weighted by Crippen LogP contribution is 2.61. The Kier molecular flexibility index (Phi) is 13.8. The van der Waals surface area contributed by atoms with E-state index in [4.69, 9.17) is 9.57 Å². The number of hydroxylamine groups is 2. The van der Waals surface area contributed by atoms with Gasteiger partial charge in [0.25, 0.3) is 5.91 Å². The van der Waals surface area contributed by atoms with Crippen molar-refractivity contribution in [1.29, 1.82) is 0 Å². The molecular formula is C43H68BrN5O6. The van der Waals surface area contributed by atoms with Crippen molar-refractivity contribution in [3.63, 3.8) is 0 Å². The second-order valence-electron chi connectivity index (χ2n) is 18.8. The maximum absolute atomic E-state index is 14.1. The summed E-state index contributed by atoms with van der Waals surface area (Å²) < 4.78 is 6.84. The topological polar surface area (TPSA) is 130 Å². The van der Waals surface area contributed by atoms with Crippen LogP contribution in [0.4, 0.5) is 5.69 Å². The summed E-state index contributed by atoms with van der Waals surface area (Å²) in [4.78, 5) is 24.5. The Labute approximate surface area is 338 Å². The molecule has 2 aromatic carbocycles. The van der Waals surface area contributed by atoms with E-state index in [0.717, 1.165) is 35.2 Å². The third kappa shape index (κ3) is 9.38. The molecule has 11 nitrogen and oxygen atoms in total. The van der Waals surface area contributed by atoms with Crippen LogP contribution in [0.5, 0.6) is 5.75 Å². The van der Waals surface area contributed by atoms with Crippen LogP contribution in [0.15, 0.2) is 34.8 Å². The molecule has 3 saturated carbocycles. The number of hydrogen-bond acceptors (Lipinski definition) is 10. The first-order valence-electron chi connectivity index (χ1n) is 20.0. The maximum Gasteiger partial charge on any atom is 0.252 e. The third-order valence-electron chi connectivity index (χ3n) is 12.7. The first kappa shape index (κ1) is 43.8. The van der Waals surface area contributed by atoms with Crippen LogP contribution in [0.25, 0.3) is 11.1 Å². The summed E-state index contributed by atoms with van der Waals surface area (Å²) in [5, 5.41) is 42.0. The van der Waals surface area contributed by atoms with Crippen molar-refractivity contribution >= 4 is 27.5 Å². The molecule has 4 fully saturated rings. The van der Waals surface area contributed by atoms with Gasteiger partial charge in [-0.2, -0.15) is 5.06 Å². The van der Waals surface area contributed by atoms with Crippen molar-refractivity contribution in [1.82, 2.24) is 20.6 Å². The Bertz CT molecular complexity index is 1650. The number of rotatable bonds is 15. The van der Waals surface area contributed by atoms with E-state index in [-0.39, 0.29) is 36.6 Å². The van der Waals surface area contributed by atoms with E-state index in [1.807, 2.05) is 63.4 Å². The van der Waals surface area contributed by atoms with E-state index >= 15 is 0 Å². The monoisotopic (exact) mass is 829 g/mol. The Balaban J connectivity index is 1.47. The average Bonchev–Trinajstić information content (AvgIpc) is 3.46. The maximum atomic E-state index is 14.1. The molecule has 1 aliphatic heterocycles. The van der Waals surface area contributed by atoms with Crippen molar-refractivity contribution in [2.75, 3.05) is 53.4 Å². The van der Waals surface area contributed by atoms with Crippen LogP contribution in [0.3, 0.4) is 0 Å². The highest BCUT2D eigenvalue weighted by Gasteiger charge is 2.57. The molecule has 308 valence electrons. The van der Waals surface area contributed by atoms with Gasteiger partial charge in [0, 0.05) is 49.8 Å². The normalized spacial score (nSPS) is 28.1. The zero-order valence-corrected chi connectivity index (χ0v) is 36.8. The lowest BCUT2D eigenvalue weighted by Crippen LogP contribution is -2.63. The smallest absolute Gasteiger partial charge is 0.252 e. The molecule has 1 unspecified atom stereocenters. The van der Waals surface area contributed by atoms with Gasteiger partial charge in [0.2, 0.25) is 0 Å². The van der Waals surface area contributed by atoms with Crippen molar-refractivity contribution in [2.45, 2.75) is 111 Å². The Morgan fingerprint density at radius 1 is 1.15 bits per heavy atom. The minimum Gasteiger partial charge on any atom is -0.496 e. The summed E-state index contributed by atoms with van der Waals surface area (Å²) in [6.07, 6.45) is 0.489. The lowest BCUT2D eigenvalue weighted by molar-refractivity contribution is -0.195. The molecule has 1 saturated heterocycles. The van der Waals surface area contributed by atoms with Crippen LogP contribution in [0, 0.1) is 34.5 Å². The number of nitrogens with one attached hydrogen (secondary N) is 2. The van der Waals surface area contributed by atoms with Gasteiger partial charge in [-0.3, -0.25) is 14.9 Å². The van der Waals surface area contributed by atoms with E-state index in [1.54, 1.807) is 19.1 Å². The Morgan fingerprint density at radius 2 is 1.84 bits per heavy atom. The number of fused-ring (bicyclic) bond motifs is 2. The van der Waals surface area contributed by atoms with E-state index in [1.165, 1.54) is 6.42 Å². The number of aliphatic hydroxyl groups excluding tert-OH is 3. The Hall–Kier alpha value is -2.29. The molecule has 6 rings (SSSR count). The summed E-state index contributed by atoms with van der Waals surface area (Å²) in [5.41, 5.74) is 4.09. The first-order chi connectivity index (χ1) is 25.7. The van der Waals surface area contributed by atoms with E-state index in [0.29, 0.717) is 45.5 Å². The van der Waals surface area contributed by atoms with E-state index < -0.39 is 30.4 Å². The van der Waals surface area contributed by atoms with Gasteiger partial charge >= 0.3 is 0 Å². The lowest BCUT2D eigenvalue weighted by atomic mass is 9.44. The molecule has 0 aromatic heterocycles. The second kappa shape index (κ2) is 17.3. The zero-order chi connectivity index (χ0) is 40.7. The largest absolute Gasteiger partial charge is 0.496 e. The fourth-order valence-corrected chi connectivity index (χ4v) is 10.6. The third-order valence-corrected chi connectivity index (χ3v) is 13.6. The molecule has 0 spiro atoms. The number of para-hydroxylation sites is 1. The molecule has 3 aliphatic carbocycles. The number of methoxy groups -OCH3 is 1. The number of carbonyl (C=O) groups is 1. The quantitative estimate of drug-likeness (QED) is 0.142. The molecule has 55 heavy (non-hydrogen) atoms. The number of amides is 1. The van der Waals surface area contributed by atoms with Crippen molar-refractivity contribution in [3.8, 4) is 16.9 Å². The second-order valence-corrected chi connectivity index (χ2v) is 19.6. The van der Waals surface area contributed by atoms with Crippen LogP contribution in [0.1, 0.15) is 83.7 Å². The van der Waals surface area contributed by atoms with E-state index in [9.17, 15) is 20.1 Å². The highest BCUT2D eigenvalue weighted by molar-refractivity contribution is 9.10. The first-order valence-corrected chi connectivity index (χ1v) is 20.8. The number of ether oxygens (including phenoxy) is 1. The summed E-state index contributed by atoms with van der Waals surface area (Å²) >= 11 is 3.76. The minimum atomic E-state index is -1.01. The summed E-state index contributed by atoms with van der Waals surface area (Å²) in [7, 11) is 9.56. The molecule has 1 amide bonds. The highest BCUT2D eigenvalue weighted by atomic mass is 79.9. The van der Waals surface area contributed by atoms with Crippen LogP contribution in [0.2, 0.25) is 0 Å². The van der Waals surface area contributed by atoms with Crippen LogP contribution in [-0.4, -0.2) is 116 Å². The molecule has 10 atom stereocenters. The number of nitrogens with zero attached hydrogens (tertiary/aromatic N) is 3. The van der Waals surface area contributed by atoms with Crippen molar-refractivity contribution in [3.05, 3.63) is 45.9 Å². The van der Waals surface area contributed by atoms with Crippen molar-refractivity contribution in [2.24, 2.45) is 34.5 Å². The number of aliphatic hydroxyl groups is 3. The zero-order valence-electron chi connectivity index (χ0n) is 35.2. The van der Waals surface area contributed by atoms with E-state index in [2.05, 4.69) is 73.0 Å². The number of anilines is 1. The van der Waals surface area contributed by atoms with Crippen LogP contribution in [-0.2, 0) is 11.4 Å². The summed E-state index contributed by atoms with van der Waals surface area (Å²) in [5.74, 6) is 1.50. The minimum absolute atomic E-state index is 0.0258. The molecule has 4 aliphatic rings. The van der Waals surface area contributed by atoms with Gasteiger partial charge < -0.3 is 35.2 Å². The standard InChI is InChI=1S/C43H68BrN5O6/c1-24-32-18-28(43(32,6)7)19-33(24)46-41(53)38-36(25(2)51)35(23-50)55-49(38)21-26-14-13-15-30(39(26)54-12)27-16-31(37(44)34(17-27)48(10)11)40(52)45-29(22-47(8)9)20-42(3,4)5/h13-17,24-25,28-29,32-33,35-36,38,41,46,50-51,53H,18-23H2,1-12H3,(H,45,52)/t24-,25-,28+,29-,32-,33-,35-,36+,38-,41?/m0/s1. The number of benzene rings is 2. The number of halogens is 1. The van der Waals surface area contributed by atoms with Gasteiger partial charge in [0.05, 0.1) is 48.1 Å². The molecule has 5 N–H and O–H groups in total. The number of hydrogen-bond donors (Lipinski definition) is 5. The predicted molar refractivity (Wildman–Crippen MR) is 223 cm³/mol. The summed E-state index contributed by atoms with van der Waals surface area (Å²) in [6, 6.07) is 9.28. The van der Waals surface area contributed by atoms with Crippen LogP contribution < -0.4 is 20.3 Å². The van der Waals surface area contributed by atoms with Gasteiger partial charge in [0.1, 0.15) is 18.1 Å². The fraction of sp³-hybridized carbons (Fsp3) is 0.698. The average molecular weight is 831 g/mol. The molecule has 2 bridgehead atoms. The fourth-order valence-electron chi connectivity index (χ4n) is 9.88. The predicted octanol–water partition coefficient (Wildman–Crippen LogP) is 5.74. The van der Waals surface area contributed by atoms with Crippen LogP contribution >= 0.6 is 15.9 Å².